The Bertz CT molecular complexity index is 2620. The molecule has 56 heavy (non-hydrogen) atoms. The zero-order valence-electron chi connectivity index (χ0n) is 27.4. The third-order valence-electron chi connectivity index (χ3n) is 6.57. The van der Waals surface area contributed by atoms with Gasteiger partial charge in [-0.15, -0.1) is 14.6 Å². The van der Waals surface area contributed by atoms with Gasteiger partial charge in [-0.3, -0.25) is 13.7 Å². The fraction of sp³-hybridized carbons (Fsp3) is 0.154. The topological polar surface area (TPSA) is 376 Å². The summed E-state index contributed by atoms with van der Waals surface area (Å²) in [7, 11) is -18.8. The second-order valence-electron chi connectivity index (χ2n) is 10.3. The van der Waals surface area contributed by atoms with Gasteiger partial charge in [0.25, 0.3) is 10.1 Å². The first-order valence-electron chi connectivity index (χ1n) is 14.4. The molecular formula is C26H25N5O19S6. The van der Waals surface area contributed by atoms with Crippen molar-refractivity contribution in [1.82, 2.24) is 0 Å². The average molecular weight is 904 g/mol. The van der Waals surface area contributed by atoms with E-state index >= 15 is 0 Å². The molecule has 4 aromatic rings. The molecule has 24 nitrogen and oxygen atoms in total. The van der Waals surface area contributed by atoms with Crippen molar-refractivity contribution in [2.45, 2.75) is 14.7 Å². The number of nitrogens with zero attached hydrogens (tertiary/aromatic N) is 4. The van der Waals surface area contributed by atoms with Gasteiger partial charge in [-0.05, 0) is 66.0 Å². The molecule has 4 aromatic carbocycles. The Morgan fingerprint density at radius 2 is 1.30 bits per heavy atom. The lowest BCUT2D eigenvalue weighted by Gasteiger charge is -2.14. The molecule has 0 heterocycles. The summed E-state index contributed by atoms with van der Waals surface area (Å²) in [5.74, 6) is -1.94. The summed E-state index contributed by atoms with van der Waals surface area (Å²) in [4.78, 5) is -1.34. The lowest BCUT2D eigenvalue weighted by molar-refractivity contribution is -0.432. The van der Waals surface area contributed by atoms with E-state index in [-0.39, 0.29) is 55.4 Å². The van der Waals surface area contributed by atoms with Gasteiger partial charge >= 0.3 is 20.8 Å². The Kier molecular flexibility index (Phi) is 14.5. The summed E-state index contributed by atoms with van der Waals surface area (Å²) >= 11 is -1.78. The predicted molar refractivity (Wildman–Crippen MR) is 192 cm³/mol. The van der Waals surface area contributed by atoms with E-state index in [0.717, 1.165) is 36.4 Å². The molecule has 0 bridgehead atoms. The van der Waals surface area contributed by atoms with Gasteiger partial charge in [-0.2, -0.15) is 35.5 Å². The predicted octanol–water partition coefficient (Wildman–Crippen LogP) is 4.09. The molecule has 0 radical (unpaired) electrons. The van der Waals surface area contributed by atoms with Crippen LogP contribution in [0.2, 0.25) is 0 Å². The zero-order valence-corrected chi connectivity index (χ0v) is 32.3. The summed E-state index contributed by atoms with van der Waals surface area (Å²) in [6, 6.07) is 11.7. The van der Waals surface area contributed by atoms with Crippen LogP contribution in [0.4, 0.5) is 28.4 Å². The van der Waals surface area contributed by atoms with Crippen LogP contribution in [0.1, 0.15) is 0 Å². The van der Waals surface area contributed by atoms with Crippen molar-refractivity contribution < 1.29 is 83.8 Å². The van der Waals surface area contributed by atoms with Crippen LogP contribution in [0.3, 0.4) is 0 Å². The van der Waals surface area contributed by atoms with Gasteiger partial charge in [-0.25, -0.2) is 26.3 Å². The Hall–Kier alpha value is -4.28. The summed E-state index contributed by atoms with van der Waals surface area (Å²) < 4.78 is 149. The number of fused-ring (bicyclic) bond motifs is 1. The van der Waals surface area contributed by atoms with Crippen molar-refractivity contribution in [3.8, 4) is 11.5 Å². The number of anilines is 1. The van der Waals surface area contributed by atoms with Crippen LogP contribution in [-0.4, -0.2) is 86.6 Å². The minimum absolute atomic E-state index is 0.0429. The zero-order chi connectivity index (χ0) is 41.5. The number of azo groups is 2. The molecule has 0 aliphatic heterocycles. The van der Waals surface area contributed by atoms with Crippen molar-refractivity contribution in [3.63, 3.8) is 0 Å². The number of benzene rings is 4. The van der Waals surface area contributed by atoms with Crippen molar-refractivity contribution in [1.29, 1.82) is 0 Å². The molecule has 30 heteroatoms. The van der Waals surface area contributed by atoms with E-state index in [1.165, 1.54) is 24.3 Å². The van der Waals surface area contributed by atoms with E-state index in [9.17, 15) is 47.5 Å². The van der Waals surface area contributed by atoms with Crippen molar-refractivity contribution >= 4 is 103 Å². The third-order valence-corrected chi connectivity index (χ3v) is 11.6. The number of aromatic hydroxyl groups is 1. The van der Waals surface area contributed by atoms with E-state index in [4.69, 9.17) is 24.3 Å². The first-order valence-corrected chi connectivity index (χ1v) is 22.2. The molecule has 1 atom stereocenters. The molecule has 0 saturated heterocycles. The van der Waals surface area contributed by atoms with E-state index in [1.807, 2.05) is 0 Å². The Labute approximate surface area is 323 Å². The van der Waals surface area contributed by atoms with E-state index in [1.54, 1.807) is 0 Å². The maximum Gasteiger partial charge on any atom is 0.397 e. The SMILES string of the molecule is Nc1c(N=Nc2ccc(S(=O)(=O)CCOS(=O)(=O)O)cc2)c(S(=O)(=O)O)cc2cc(SOOO)c(N=Nc3ccc(OS(=O)CCOS(=O)(=O)O)cc3)c(O)c12. The highest BCUT2D eigenvalue weighted by molar-refractivity contribution is 7.94. The largest absolute Gasteiger partial charge is 0.505 e. The van der Waals surface area contributed by atoms with Crippen LogP contribution >= 0.6 is 12.0 Å². The summed E-state index contributed by atoms with van der Waals surface area (Å²) in [5.41, 5.74) is 4.70. The van der Waals surface area contributed by atoms with Gasteiger partial charge < -0.3 is 15.0 Å². The Morgan fingerprint density at radius 1 is 0.750 bits per heavy atom. The van der Waals surface area contributed by atoms with Gasteiger partial charge in [0, 0.05) is 0 Å². The fourth-order valence-corrected chi connectivity index (χ4v) is 7.93. The van der Waals surface area contributed by atoms with E-state index in [2.05, 4.69) is 38.2 Å². The average Bonchev–Trinajstić information content (AvgIpc) is 3.09. The molecule has 0 spiro atoms. The second-order valence-corrected chi connectivity index (χ2v) is 17.9. The number of hydrogen-bond donors (Lipinski definition) is 6. The summed E-state index contributed by atoms with van der Waals surface area (Å²) in [6.45, 7) is -1.51. The van der Waals surface area contributed by atoms with E-state index < -0.39 is 98.6 Å². The summed E-state index contributed by atoms with van der Waals surface area (Å²) in [6.07, 6.45) is 0. The standard InChI is InChI=1S/C26H25N5O19S6/c27-23-22-15(14-21(54(37,38)39)25(23)31-29-17-3-7-19(8-4-17)53(35,36)12-10-47-56(43,44)45)13-20(51-50-49-33)24(26(22)32)30-28-16-1-5-18(6-2-16)48-52(34)11-9-46-55(40,41)42/h1-8,13-14,32-33H,9-12,27H2,(H,37,38,39)(H,40,41,42)(H,43,44,45). The number of sulfone groups is 1. The lowest BCUT2D eigenvalue weighted by Crippen LogP contribution is -2.15. The molecule has 7 N–H and O–H groups in total. The molecule has 0 saturated carbocycles. The van der Waals surface area contributed by atoms with Gasteiger partial charge in [0.15, 0.2) is 15.6 Å². The maximum absolute atomic E-state index is 12.5. The highest BCUT2D eigenvalue weighted by Gasteiger charge is 2.26. The monoisotopic (exact) mass is 903 g/mol. The second kappa shape index (κ2) is 18.3. The number of nitrogen functional groups attached to an aromatic ring is 1. The van der Waals surface area contributed by atoms with Crippen molar-refractivity contribution in [3.05, 3.63) is 60.7 Å². The minimum atomic E-state index is -5.10. The van der Waals surface area contributed by atoms with Crippen LogP contribution in [0, 0.1) is 0 Å². The van der Waals surface area contributed by atoms with Gasteiger partial charge in [0.05, 0.1) is 69.0 Å². The summed E-state index contributed by atoms with van der Waals surface area (Å²) in [5, 5.41) is 38.9. The number of phenolic OH excluding ortho intramolecular Hbond substituents is 1. The Balaban J connectivity index is 1.68. The van der Waals surface area contributed by atoms with E-state index in [0.29, 0.717) is 0 Å². The maximum atomic E-state index is 12.5. The number of nitrogens with two attached hydrogens (primary N) is 1. The number of rotatable bonds is 19. The number of hydrogen-bond acceptors (Lipinski definition) is 22. The molecule has 0 amide bonds. The Morgan fingerprint density at radius 3 is 1.86 bits per heavy atom. The van der Waals surface area contributed by atoms with Gasteiger partial charge in [-0.1, -0.05) is 5.04 Å². The molecule has 0 fully saturated rings. The highest BCUT2D eigenvalue weighted by Crippen LogP contribution is 2.49. The van der Waals surface area contributed by atoms with Gasteiger partial charge in [0.1, 0.15) is 22.0 Å². The molecule has 4 rings (SSSR count). The van der Waals surface area contributed by atoms with Crippen molar-refractivity contribution in [2.24, 2.45) is 20.5 Å². The smallest absolute Gasteiger partial charge is 0.397 e. The molecule has 304 valence electrons. The molecule has 1 unspecified atom stereocenters. The number of phenols is 1. The first-order chi connectivity index (χ1) is 26.1. The molecule has 0 aromatic heterocycles. The molecular weight excluding hydrogens is 879 g/mol. The van der Waals surface area contributed by atoms with Crippen LogP contribution in [0.5, 0.6) is 11.5 Å². The molecule has 0 aliphatic carbocycles. The first kappa shape index (κ1) is 44.4. The van der Waals surface area contributed by atoms with Crippen molar-refractivity contribution in [2.75, 3.05) is 30.5 Å². The van der Waals surface area contributed by atoms with Crippen LogP contribution in [0.25, 0.3) is 10.8 Å². The van der Waals surface area contributed by atoms with Gasteiger partial charge in [0.2, 0.25) is 11.1 Å². The fourth-order valence-electron chi connectivity index (χ4n) is 4.25. The quantitative estimate of drug-likeness (QED) is 0.0193. The third kappa shape index (κ3) is 12.6. The lowest BCUT2D eigenvalue weighted by atomic mass is 10.1. The normalized spacial score (nSPS) is 13.5. The van der Waals surface area contributed by atoms with Crippen LogP contribution in [-0.2, 0) is 69.6 Å². The van der Waals surface area contributed by atoms with Crippen LogP contribution < -0.4 is 9.92 Å². The molecule has 0 aliphatic rings. The highest BCUT2D eigenvalue weighted by atomic mass is 32.3. The van der Waals surface area contributed by atoms with Crippen LogP contribution in [0.15, 0.2) is 95.8 Å². The minimum Gasteiger partial charge on any atom is -0.505 e.